The van der Waals surface area contributed by atoms with E-state index in [1.807, 2.05) is 43.3 Å². The molecule has 0 aliphatic heterocycles. The normalized spacial score (nSPS) is 21.1. The number of unbranched alkanes of at least 4 members (excludes halogenated alkanes) is 1. The van der Waals surface area contributed by atoms with E-state index >= 15 is 0 Å². The molecule has 0 aromatic heterocycles. The Morgan fingerprint density at radius 3 is 2.13 bits per heavy atom. The summed E-state index contributed by atoms with van der Waals surface area (Å²) in [7, 11) is 0. The van der Waals surface area contributed by atoms with Crippen LogP contribution in [0.15, 0.2) is 65.7 Å². The number of benzene rings is 2. The van der Waals surface area contributed by atoms with E-state index in [9.17, 15) is 4.79 Å². The van der Waals surface area contributed by atoms with Gasteiger partial charge in [-0.3, -0.25) is 4.99 Å². The maximum absolute atomic E-state index is 13.4. The third-order valence-electron chi connectivity index (χ3n) is 8.05. The molecule has 38 heavy (non-hydrogen) atoms. The standard InChI is InChI=1S/C34H49NO3/c1-6-8-15-29(22-23-38-31-24-26(5)20-21-30(31)25(3)4)33(34(36)37-7-2)35-32(27-16-11-9-12-17-27)28-18-13-10-14-19-28/h9-14,16-19,25-26,29-31,33H,6-8,15,20-24H2,1-5H3/t26-,29-,30+,31-,33-/m1/s1. The van der Waals surface area contributed by atoms with Gasteiger partial charge in [0, 0.05) is 17.7 Å². The molecule has 1 aliphatic carbocycles. The summed E-state index contributed by atoms with van der Waals surface area (Å²) in [6.45, 7) is 12.1. The minimum atomic E-state index is -0.563. The highest BCUT2D eigenvalue weighted by Crippen LogP contribution is 2.36. The molecule has 1 aliphatic rings. The van der Waals surface area contributed by atoms with Crippen LogP contribution in [0.3, 0.4) is 0 Å². The number of hydrogen-bond donors (Lipinski definition) is 0. The van der Waals surface area contributed by atoms with Crippen LogP contribution in [0.25, 0.3) is 0 Å². The average Bonchev–Trinajstić information content (AvgIpc) is 2.92. The fraction of sp³-hybridized carbons (Fsp3) is 0.588. The molecule has 0 heterocycles. The van der Waals surface area contributed by atoms with Crippen LogP contribution in [0.5, 0.6) is 0 Å². The summed E-state index contributed by atoms with van der Waals surface area (Å²) in [4.78, 5) is 18.6. The van der Waals surface area contributed by atoms with Gasteiger partial charge in [-0.1, -0.05) is 108 Å². The molecule has 0 amide bonds. The van der Waals surface area contributed by atoms with Gasteiger partial charge < -0.3 is 9.47 Å². The number of carbonyl (C=O) groups is 1. The van der Waals surface area contributed by atoms with Crippen molar-refractivity contribution in [2.45, 2.75) is 91.7 Å². The van der Waals surface area contributed by atoms with Gasteiger partial charge in [0.1, 0.15) is 0 Å². The Labute approximate surface area is 231 Å². The lowest BCUT2D eigenvalue weighted by Gasteiger charge is -2.37. The molecular formula is C34H49NO3. The van der Waals surface area contributed by atoms with Gasteiger partial charge in [0.25, 0.3) is 0 Å². The third kappa shape index (κ3) is 8.80. The maximum Gasteiger partial charge on any atom is 0.331 e. The molecular weight excluding hydrogens is 470 g/mol. The van der Waals surface area contributed by atoms with Crippen molar-refractivity contribution in [1.29, 1.82) is 0 Å². The van der Waals surface area contributed by atoms with E-state index in [1.165, 1.54) is 12.8 Å². The van der Waals surface area contributed by atoms with Crippen molar-refractivity contribution in [3.63, 3.8) is 0 Å². The second-order valence-corrected chi connectivity index (χ2v) is 11.3. The molecule has 0 spiro atoms. The minimum absolute atomic E-state index is 0.0648. The summed E-state index contributed by atoms with van der Waals surface area (Å²) >= 11 is 0. The van der Waals surface area contributed by atoms with Crippen LogP contribution in [0.4, 0.5) is 0 Å². The summed E-state index contributed by atoms with van der Waals surface area (Å²) in [5.74, 6) is 1.78. The largest absolute Gasteiger partial charge is 0.464 e. The van der Waals surface area contributed by atoms with Crippen molar-refractivity contribution in [3.8, 4) is 0 Å². The highest BCUT2D eigenvalue weighted by molar-refractivity contribution is 6.13. The highest BCUT2D eigenvalue weighted by atomic mass is 16.5. The lowest BCUT2D eigenvalue weighted by Crippen LogP contribution is -2.36. The summed E-state index contributed by atoms with van der Waals surface area (Å²) in [5.41, 5.74) is 2.86. The van der Waals surface area contributed by atoms with Gasteiger partial charge in [-0.05, 0) is 56.3 Å². The molecule has 1 saturated carbocycles. The molecule has 0 saturated heterocycles. The molecule has 0 bridgehead atoms. The van der Waals surface area contributed by atoms with Crippen molar-refractivity contribution in [3.05, 3.63) is 71.8 Å². The van der Waals surface area contributed by atoms with Crippen molar-refractivity contribution in [2.24, 2.45) is 28.7 Å². The van der Waals surface area contributed by atoms with Crippen molar-refractivity contribution in [1.82, 2.24) is 0 Å². The average molecular weight is 520 g/mol. The quantitative estimate of drug-likeness (QED) is 0.187. The van der Waals surface area contributed by atoms with Gasteiger partial charge in [-0.25, -0.2) is 4.79 Å². The zero-order valence-corrected chi connectivity index (χ0v) is 24.3. The lowest BCUT2D eigenvalue weighted by molar-refractivity contribution is -0.146. The molecule has 3 rings (SSSR count). The fourth-order valence-corrected chi connectivity index (χ4v) is 5.83. The van der Waals surface area contributed by atoms with Gasteiger partial charge in [0.05, 0.1) is 18.4 Å². The number of hydrogen-bond acceptors (Lipinski definition) is 4. The Morgan fingerprint density at radius 1 is 0.947 bits per heavy atom. The first-order valence-electron chi connectivity index (χ1n) is 14.9. The topological polar surface area (TPSA) is 47.9 Å². The lowest BCUT2D eigenvalue weighted by atomic mass is 9.75. The van der Waals surface area contributed by atoms with Gasteiger partial charge >= 0.3 is 5.97 Å². The van der Waals surface area contributed by atoms with Gasteiger partial charge in [-0.15, -0.1) is 0 Å². The third-order valence-corrected chi connectivity index (χ3v) is 8.05. The van der Waals surface area contributed by atoms with Crippen LogP contribution >= 0.6 is 0 Å². The molecule has 208 valence electrons. The summed E-state index contributed by atoms with van der Waals surface area (Å²) < 4.78 is 12.2. The zero-order valence-electron chi connectivity index (χ0n) is 24.3. The van der Waals surface area contributed by atoms with Crippen LogP contribution in [0.2, 0.25) is 0 Å². The highest BCUT2D eigenvalue weighted by Gasteiger charge is 2.33. The second kappa shape index (κ2) is 15.8. The van der Waals surface area contributed by atoms with Gasteiger partial charge in [0.2, 0.25) is 0 Å². The number of rotatable bonds is 14. The molecule has 4 heteroatoms. The van der Waals surface area contributed by atoms with Crippen LogP contribution < -0.4 is 0 Å². The van der Waals surface area contributed by atoms with E-state index < -0.39 is 6.04 Å². The predicted octanol–water partition coefficient (Wildman–Crippen LogP) is 8.13. The number of nitrogens with zero attached hydrogens (tertiary/aromatic N) is 1. The summed E-state index contributed by atoms with van der Waals surface area (Å²) in [6, 6.07) is 19.8. The Bertz CT molecular complexity index is 930. The number of carbonyl (C=O) groups excluding carboxylic acids is 1. The first kappa shape index (κ1) is 30.1. The van der Waals surface area contributed by atoms with Crippen molar-refractivity contribution < 1.29 is 14.3 Å². The van der Waals surface area contributed by atoms with E-state index in [-0.39, 0.29) is 11.9 Å². The summed E-state index contributed by atoms with van der Waals surface area (Å²) in [6.07, 6.45) is 7.85. The minimum Gasteiger partial charge on any atom is -0.464 e. The van der Waals surface area contributed by atoms with E-state index in [2.05, 4.69) is 52.0 Å². The first-order valence-corrected chi connectivity index (χ1v) is 14.9. The first-order chi connectivity index (χ1) is 18.4. The Balaban J connectivity index is 1.89. The van der Waals surface area contributed by atoms with Crippen LogP contribution in [-0.2, 0) is 14.3 Å². The van der Waals surface area contributed by atoms with E-state index in [0.717, 1.165) is 48.9 Å². The van der Waals surface area contributed by atoms with Crippen LogP contribution in [-0.4, -0.2) is 37.0 Å². The van der Waals surface area contributed by atoms with E-state index in [0.29, 0.717) is 37.1 Å². The molecule has 2 aromatic rings. The van der Waals surface area contributed by atoms with Gasteiger partial charge in [-0.2, -0.15) is 0 Å². The maximum atomic E-state index is 13.4. The number of ether oxygens (including phenoxy) is 2. The molecule has 5 atom stereocenters. The smallest absolute Gasteiger partial charge is 0.331 e. The summed E-state index contributed by atoms with van der Waals surface area (Å²) in [5, 5.41) is 0. The van der Waals surface area contributed by atoms with Crippen LogP contribution in [0.1, 0.15) is 90.7 Å². The zero-order chi connectivity index (χ0) is 27.3. The molecule has 4 nitrogen and oxygen atoms in total. The fourth-order valence-electron chi connectivity index (χ4n) is 5.83. The van der Waals surface area contributed by atoms with Crippen molar-refractivity contribution >= 4 is 11.7 Å². The SMILES string of the molecule is CCCC[C@H](CCO[C@@H]1C[C@H](C)CC[C@H]1C(C)C)[C@@H](N=C(c1ccccc1)c1ccccc1)C(=O)OCC. The molecule has 1 fully saturated rings. The van der Waals surface area contributed by atoms with Gasteiger partial charge in [0.15, 0.2) is 6.04 Å². The van der Waals surface area contributed by atoms with E-state index in [4.69, 9.17) is 14.5 Å². The Kier molecular flexibility index (Phi) is 12.5. The molecule has 2 aromatic carbocycles. The predicted molar refractivity (Wildman–Crippen MR) is 158 cm³/mol. The number of esters is 1. The Hall–Kier alpha value is -2.46. The molecule has 0 N–H and O–H groups in total. The van der Waals surface area contributed by atoms with Crippen LogP contribution in [0, 0.1) is 23.7 Å². The molecule has 0 radical (unpaired) electrons. The second-order valence-electron chi connectivity index (χ2n) is 11.3. The molecule has 0 unspecified atom stereocenters. The van der Waals surface area contributed by atoms with Crippen molar-refractivity contribution in [2.75, 3.05) is 13.2 Å². The Morgan fingerprint density at radius 2 is 1.58 bits per heavy atom. The monoisotopic (exact) mass is 519 g/mol. The van der Waals surface area contributed by atoms with E-state index in [1.54, 1.807) is 0 Å². The number of aliphatic imine (C=N–C) groups is 1.